The van der Waals surface area contributed by atoms with Gasteiger partial charge in [-0.15, -0.1) is 0 Å². The maximum absolute atomic E-state index is 11.0. The van der Waals surface area contributed by atoms with Crippen molar-refractivity contribution in [3.63, 3.8) is 0 Å². The van der Waals surface area contributed by atoms with Crippen molar-refractivity contribution in [2.24, 2.45) is 5.41 Å². The molecule has 0 heterocycles. The van der Waals surface area contributed by atoms with Crippen molar-refractivity contribution in [1.29, 1.82) is 0 Å². The lowest BCUT2D eigenvalue weighted by atomic mass is 9.99. The van der Waals surface area contributed by atoms with Gasteiger partial charge in [-0.05, 0) is 50.7 Å². The molecular formula is C14H20N2O2. The van der Waals surface area contributed by atoms with Gasteiger partial charge in [-0.25, -0.2) is 0 Å². The van der Waals surface area contributed by atoms with E-state index in [2.05, 4.69) is 19.2 Å². The van der Waals surface area contributed by atoms with Gasteiger partial charge in [0.15, 0.2) is 0 Å². The van der Waals surface area contributed by atoms with Crippen LogP contribution in [0.5, 0.6) is 0 Å². The molecule has 1 aliphatic rings. The molecule has 0 bridgehead atoms. The van der Waals surface area contributed by atoms with Crippen LogP contribution in [0.15, 0.2) is 12.1 Å². The van der Waals surface area contributed by atoms with Crippen LogP contribution < -0.4 is 5.32 Å². The van der Waals surface area contributed by atoms with Crippen molar-refractivity contribution < 1.29 is 4.92 Å². The van der Waals surface area contributed by atoms with Crippen LogP contribution in [0.25, 0.3) is 0 Å². The summed E-state index contributed by atoms with van der Waals surface area (Å²) in [6.07, 6.45) is 2.46. The Morgan fingerprint density at radius 2 is 1.94 bits per heavy atom. The molecule has 4 heteroatoms. The van der Waals surface area contributed by atoms with E-state index >= 15 is 0 Å². The molecule has 1 atom stereocenters. The molecule has 18 heavy (non-hydrogen) atoms. The summed E-state index contributed by atoms with van der Waals surface area (Å²) in [5.41, 5.74) is 3.21. The average Bonchev–Trinajstić information content (AvgIpc) is 3.01. The predicted octanol–water partition coefficient (Wildman–Crippen LogP) is 3.81. The van der Waals surface area contributed by atoms with Crippen molar-refractivity contribution in [2.45, 2.75) is 46.6 Å². The number of rotatable bonds is 4. The van der Waals surface area contributed by atoms with Gasteiger partial charge >= 0.3 is 0 Å². The van der Waals surface area contributed by atoms with Gasteiger partial charge < -0.3 is 5.32 Å². The molecule has 1 aromatic rings. The minimum atomic E-state index is -0.316. The molecule has 1 aromatic carbocycles. The fraction of sp³-hybridized carbons (Fsp3) is 0.571. The van der Waals surface area contributed by atoms with E-state index in [1.165, 1.54) is 12.8 Å². The molecular weight excluding hydrogens is 228 g/mol. The number of hydrogen-bond donors (Lipinski definition) is 1. The molecule has 98 valence electrons. The van der Waals surface area contributed by atoms with E-state index in [1.54, 1.807) is 13.0 Å². The highest BCUT2D eigenvalue weighted by molar-refractivity contribution is 5.60. The Morgan fingerprint density at radius 3 is 2.44 bits per heavy atom. The monoisotopic (exact) mass is 248 g/mol. The number of nitrogens with zero attached hydrogens (tertiary/aromatic N) is 1. The Kier molecular flexibility index (Phi) is 3.05. The molecule has 1 N–H and O–H groups in total. The summed E-state index contributed by atoms with van der Waals surface area (Å²) in [7, 11) is 0. The largest absolute Gasteiger partial charge is 0.382 e. The number of nitrogens with one attached hydrogen (secondary N) is 1. The average molecular weight is 248 g/mol. The maximum Gasteiger partial charge on any atom is 0.274 e. The SMILES string of the molecule is Cc1cc(C)c([N+](=O)[O-])cc1NC(C)C1(C)CC1. The molecule has 0 aliphatic heterocycles. The van der Waals surface area contributed by atoms with Gasteiger partial charge in [-0.1, -0.05) is 6.92 Å². The highest BCUT2D eigenvalue weighted by atomic mass is 16.6. The van der Waals surface area contributed by atoms with E-state index in [4.69, 9.17) is 0 Å². The zero-order chi connectivity index (χ0) is 13.5. The van der Waals surface area contributed by atoms with Crippen LogP contribution in [-0.2, 0) is 0 Å². The molecule has 1 saturated carbocycles. The van der Waals surface area contributed by atoms with Gasteiger partial charge in [0.2, 0.25) is 0 Å². The van der Waals surface area contributed by atoms with Gasteiger partial charge in [0.05, 0.1) is 4.92 Å². The predicted molar refractivity (Wildman–Crippen MR) is 73.0 cm³/mol. The van der Waals surface area contributed by atoms with E-state index in [0.717, 1.165) is 11.3 Å². The first-order valence-electron chi connectivity index (χ1n) is 6.36. The lowest BCUT2D eigenvalue weighted by molar-refractivity contribution is -0.385. The zero-order valence-corrected chi connectivity index (χ0v) is 11.4. The second-order valence-corrected chi connectivity index (χ2v) is 5.73. The second-order valence-electron chi connectivity index (χ2n) is 5.73. The fourth-order valence-corrected chi connectivity index (χ4v) is 2.23. The van der Waals surface area contributed by atoms with Gasteiger partial charge in [-0.2, -0.15) is 0 Å². The van der Waals surface area contributed by atoms with Crippen molar-refractivity contribution in [1.82, 2.24) is 0 Å². The van der Waals surface area contributed by atoms with E-state index in [0.29, 0.717) is 17.0 Å². The summed E-state index contributed by atoms with van der Waals surface area (Å²) < 4.78 is 0. The molecule has 1 unspecified atom stereocenters. The van der Waals surface area contributed by atoms with Crippen LogP contribution in [0.4, 0.5) is 11.4 Å². The highest BCUT2D eigenvalue weighted by Crippen LogP contribution is 2.49. The van der Waals surface area contributed by atoms with Crippen LogP contribution in [0.2, 0.25) is 0 Å². The number of hydrogen-bond acceptors (Lipinski definition) is 3. The van der Waals surface area contributed by atoms with Gasteiger partial charge in [0, 0.05) is 23.4 Å². The van der Waals surface area contributed by atoms with Gasteiger partial charge in [-0.3, -0.25) is 10.1 Å². The summed E-state index contributed by atoms with van der Waals surface area (Å²) in [6, 6.07) is 3.88. The highest BCUT2D eigenvalue weighted by Gasteiger charge is 2.42. The van der Waals surface area contributed by atoms with Gasteiger partial charge in [0.1, 0.15) is 0 Å². The quantitative estimate of drug-likeness (QED) is 0.651. The van der Waals surface area contributed by atoms with Crippen LogP contribution in [0, 0.1) is 29.4 Å². The number of nitro groups is 1. The minimum Gasteiger partial charge on any atom is -0.382 e. The summed E-state index contributed by atoms with van der Waals surface area (Å²) in [5.74, 6) is 0. The molecule has 1 aliphatic carbocycles. The molecule has 2 rings (SSSR count). The van der Waals surface area contributed by atoms with Crippen molar-refractivity contribution in [3.05, 3.63) is 33.4 Å². The first kappa shape index (κ1) is 12.9. The van der Waals surface area contributed by atoms with Crippen LogP contribution in [-0.4, -0.2) is 11.0 Å². The standard InChI is InChI=1S/C14H20N2O2/c1-9-7-10(2)13(16(17)18)8-12(9)15-11(3)14(4)5-6-14/h7-8,11,15H,5-6H2,1-4H3. The summed E-state index contributed by atoms with van der Waals surface area (Å²) in [4.78, 5) is 10.6. The van der Waals surface area contributed by atoms with E-state index in [1.807, 2.05) is 13.0 Å². The number of aryl methyl sites for hydroxylation is 2. The lowest BCUT2D eigenvalue weighted by Crippen LogP contribution is -2.25. The Balaban J connectivity index is 2.27. The topological polar surface area (TPSA) is 55.2 Å². The first-order valence-corrected chi connectivity index (χ1v) is 6.36. The maximum atomic E-state index is 11.0. The summed E-state index contributed by atoms with van der Waals surface area (Å²) >= 11 is 0. The Bertz CT molecular complexity index is 493. The van der Waals surface area contributed by atoms with E-state index in [9.17, 15) is 10.1 Å². The van der Waals surface area contributed by atoms with Crippen LogP contribution in [0.1, 0.15) is 37.8 Å². The molecule has 0 amide bonds. The number of nitro benzene ring substituents is 1. The molecule has 4 nitrogen and oxygen atoms in total. The normalized spacial score (nSPS) is 18.2. The van der Waals surface area contributed by atoms with Crippen molar-refractivity contribution in [2.75, 3.05) is 5.32 Å². The molecule has 0 spiro atoms. The molecule has 0 radical (unpaired) electrons. The first-order chi connectivity index (χ1) is 8.33. The molecule has 0 aromatic heterocycles. The smallest absolute Gasteiger partial charge is 0.274 e. The third-order valence-electron chi connectivity index (χ3n) is 4.20. The summed E-state index contributed by atoms with van der Waals surface area (Å²) in [5, 5.41) is 14.4. The van der Waals surface area contributed by atoms with Crippen molar-refractivity contribution in [3.8, 4) is 0 Å². The third kappa shape index (κ3) is 2.33. The number of anilines is 1. The third-order valence-corrected chi connectivity index (χ3v) is 4.20. The Morgan fingerprint density at radius 1 is 1.33 bits per heavy atom. The molecule has 0 saturated heterocycles. The van der Waals surface area contributed by atoms with Crippen LogP contribution in [0.3, 0.4) is 0 Å². The summed E-state index contributed by atoms with van der Waals surface area (Å²) in [6.45, 7) is 8.17. The second kappa shape index (κ2) is 4.26. The zero-order valence-electron chi connectivity index (χ0n) is 11.4. The Hall–Kier alpha value is -1.58. The molecule has 1 fully saturated rings. The van der Waals surface area contributed by atoms with E-state index < -0.39 is 0 Å². The minimum absolute atomic E-state index is 0.191. The lowest BCUT2D eigenvalue weighted by Gasteiger charge is -2.23. The van der Waals surface area contributed by atoms with Gasteiger partial charge in [0.25, 0.3) is 5.69 Å². The fourth-order valence-electron chi connectivity index (χ4n) is 2.23. The number of benzene rings is 1. The van der Waals surface area contributed by atoms with E-state index in [-0.39, 0.29) is 10.6 Å². The van der Waals surface area contributed by atoms with Crippen LogP contribution >= 0.6 is 0 Å². The van der Waals surface area contributed by atoms with Crippen molar-refractivity contribution >= 4 is 11.4 Å². The Labute approximate surface area is 108 Å².